The van der Waals surface area contributed by atoms with Crippen molar-refractivity contribution in [3.05, 3.63) is 30.3 Å². The molecule has 13 heavy (non-hydrogen) atoms. The molecule has 70 valence electrons. The fraction of sp³-hybridized carbons (Fsp3) is 0.364. The van der Waals surface area contributed by atoms with Crippen LogP contribution in [0.15, 0.2) is 30.3 Å². The molecule has 0 heterocycles. The van der Waals surface area contributed by atoms with E-state index >= 15 is 0 Å². The standard InChI is InChI=1S/C11H16NO/c1-10(13)9-12(2,3)11-7-5-4-6-8-11/h4-8H,9H2,1-3H3/q+1. The first-order valence-corrected chi connectivity index (χ1v) is 4.40. The predicted octanol–water partition coefficient (Wildman–Crippen LogP) is 1.84. The highest BCUT2D eigenvalue weighted by Gasteiger charge is 2.19. The second-order valence-electron chi connectivity index (χ2n) is 3.88. The third kappa shape index (κ3) is 2.67. The normalized spacial score (nSPS) is 11.3. The van der Waals surface area contributed by atoms with E-state index in [2.05, 4.69) is 0 Å². The SMILES string of the molecule is CC(=O)C[N+](C)(C)c1ccccc1. The zero-order valence-electron chi connectivity index (χ0n) is 8.45. The van der Waals surface area contributed by atoms with E-state index in [0.717, 1.165) is 5.69 Å². The average molecular weight is 178 g/mol. The van der Waals surface area contributed by atoms with Gasteiger partial charge >= 0.3 is 0 Å². The third-order valence-electron chi connectivity index (χ3n) is 2.07. The minimum Gasteiger partial charge on any atom is -0.294 e. The lowest BCUT2D eigenvalue weighted by Crippen LogP contribution is -2.44. The lowest BCUT2D eigenvalue weighted by molar-refractivity contribution is -0.117. The minimum atomic E-state index is 0.217. The van der Waals surface area contributed by atoms with Gasteiger partial charge in [-0.05, 0) is 12.1 Å². The van der Waals surface area contributed by atoms with Crippen molar-refractivity contribution in [3.8, 4) is 0 Å². The summed E-state index contributed by atoms with van der Waals surface area (Å²) in [6.07, 6.45) is 0. The van der Waals surface area contributed by atoms with Gasteiger partial charge in [0.05, 0.1) is 14.1 Å². The van der Waals surface area contributed by atoms with Gasteiger partial charge in [0.1, 0.15) is 12.2 Å². The van der Waals surface area contributed by atoms with Gasteiger partial charge in [-0.3, -0.25) is 9.28 Å². The summed E-state index contributed by atoms with van der Waals surface area (Å²) in [5.74, 6) is 0.217. The van der Waals surface area contributed by atoms with Crippen LogP contribution in [0.1, 0.15) is 6.92 Å². The number of Topliss-reactive ketones (excluding diaryl/α,β-unsaturated/α-hetero) is 1. The zero-order valence-corrected chi connectivity index (χ0v) is 8.45. The molecule has 0 aliphatic heterocycles. The number of hydrogen-bond acceptors (Lipinski definition) is 1. The van der Waals surface area contributed by atoms with Crippen LogP contribution in [0, 0.1) is 0 Å². The molecule has 0 radical (unpaired) electrons. The summed E-state index contributed by atoms with van der Waals surface area (Å²) in [6.45, 7) is 2.17. The van der Waals surface area contributed by atoms with Crippen molar-refractivity contribution in [3.63, 3.8) is 0 Å². The quantitative estimate of drug-likeness (QED) is 0.645. The molecule has 2 nitrogen and oxygen atoms in total. The fourth-order valence-corrected chi connectivity index (χ4v) is 1.48. The van der Waals surface area contributed by atoms with E-state index in [9.17, 15) is 4.79 Å². The summed E-state index contributed by atoms with van der Waals surface area (Å²) in [4.78, 5) is 11.0. The van der Waals surface area contributed by atoms with Crippen LogP contribution in [0.3, 0.4) is 0 Å². The topological polar surface area (TPSA) is 17.1 Å². The molecule has 0 bridgehead atoms. The number of likely N-dealkylation sites (N-methyl/N-ethyl adjacent to an activating group) is 1. The summed E-state index contributed by atoms with van der Waals surface area (Å²) in [5.41, 5.74) is 1.16. The highest BCUT2D eigenvalue weighted by Crippen LogP contribution is 2.17. The van der Waals surface area contributed by atoms with Crippen molar-refractivity contribution in [2.45, 2.75) is 6.92 Å². The number of nitrogens with zero attached hydrogens (tertiary/aromatic N) is 1. The molecule has 0 saturated heterocycles. The second-order valence-corrected chi connectivity index (χ2v) is 3.88. The van der Waals surface area contributed by atoms with Gasteiger partial charge in [0.15, 0.2) is 5.78 Å². The minimum absolute atomic E-state index is 0.217. The molecule has 0 aliphatic rings. The van der Waals surface area contributed by atoms with Crippen molar-refractivity contribution >= 4 is 11.5 Å². The summed E-state index contributed by atoms with van der Waals surface area (Å²) in [6, 6.07) is 10.1. The maximum atomic E-state index is 11.0. The van der Waals surface area contributed by atoms with Crippen LogP contribution in [0.2, 0.25) is 0 Å². The Labute approximate surface area is 79.4 Å². The van der Waals surface area contributed by atoms with Crippen molar-refractivity contribution in [2.24, 2.45) is 0 Å². The van der Waals surface area contributed by atoms with Crippen LogP contribution in [-0.2, 0) is 4.79 Å². The largest absolute Gasteiger partial charge is 0.294 e. The molecule has 1 aromatic carbocycles. The van der Waals surface area contributed by atoms with Crippen LogP contribution in [0.5, 0.6) is 0 Å². The Morgan fingerprint density at radius 3 is 2.23 bits per heavy atom. The van der Waals surface area contributed by atoms with Gasteiger partial charge in [-0.2, -0.15) is 0 Å². The summed E-state index contributed by atoms with van der Waals surface area (Å²) < 4.78 is 0.621. The average Bonchev–Trinajstić information content (AvgIpc) is 2.04. The predicted molar refractivity (Wildman–Crippen MR) is 55.6 cm³/mol. The Hall–Kier alpha value is -1.15. The zero-order chi connectivity index (χ0) is 9.90. The summed E-state index contributed by atoms with van der Waals surface area (Å²) >= 11 is 0. The van der Waals surface area contributed by atoms with Gasteiger partial charge in [0.25, 0.3) is 0 Å². The molecular formula is C11H16NO+. The lowest BCUT2D eigenvalue weighted by Gasteiger charge is -2.27. The molecule has 0 N–H and O–H groups in total. The molecule has 0 amide bonds. The highest BCUT2D eigenvalue weighted by atomic mass is 16.1. The van der Waals surface area contributed by atoms with Gasteiger partial charge in [-0.25, -0.2) is 0 Å². The Morgan fingerprint density at radius 2 is 1.77 bits per heavy atom. The van der Waals surface area contributed by atoms with E-state index in [1.807, 2.05) is 44.4 Å². The fourth-order valence-electron chi connectivity index (χ4n) is 1.48. The molecule has 0 fully saturated rings. The van der Waals surface area contributed by atoms with E-state index in [0.29, 0.717) is 11.0 Å². The Bertz CT molecular complexity index is 290. The number of carbonyl (C=O) groups is 1. The van der Waals surface area contributed by atoms with Gasteiger partial charge in [-0.15, -0.1) is 0 Å². The van der Waals surface area contributed by atoms with Gasteiger partial charge < -0.3 is 0 Å². The van der Waals surface area contributed by atoms with E-state index in [1.165, 1.54) is 0 Å². The molecule has 0 saturated carbocycles. The number of quaternary nitrogens is 1. The van der Waals surface area contributed by atoms with Crippen LogP contribution >= 0.6 is 0 Å². The highest BCUT2D eigenvalue weighted by molar-refractivity contribution is 5.79. The van der Waals surface area contributed by atoms with Crippen molar-refractivity contribution in [2.75, 3.05) is 20.6 Å². The number of carbonyl (C=O) groups excluding carboxylic acids is 1. The van der Waals surface area contributed by atoms with Gasteiger partial charge in [0, 0.05) is 6.92 Å². The van der Waals surface area contributed by atoms with Crippen molar-refractivity contribution in [1.82, 2.24) is 4.48 Å². The van der Waals surface area contributed by atoms with Gasteiger partial charge in [0.2, 0.25) is 0 Å². The van der Waals surface area contributed by atoms with Crippen LogP contribution < -0.4 is 4.48 Å². The van der Waals surface area contributed by atoms with Gasteiger partial charge in [-0.1, -0.05) is 18.2 Å². The summed E-state index contributed by atoms with van der Waals surface area (Å²) in [5, 5.41) is 0. The van der Waals surface area contributed by atoms with E-state index < -0.39 is 0 Å². The molecular weight excluding hydrogens is 162 g/mol. The second kappa shape index (κ2) is 3.71. The number of ketones is 1. The van der Waals surface area contributed by atoms with E-state index in [4.69, 9.17) is 0 Å². The van der Waals surface area contributed by atoms with Crippen molar-refractivity contribution in [1.29, 1.82) is 0 Å². The molecule has 0 aliphatic carbocycles. The number of para-hydroxylation sites is 1. The Morgan fingerprint density at radius 1 is 1.23 bits per heavy atom. The molecule has 0 spiro atoms. The first kappa shape index (κ1) is 9.93. The van der Waals surface area contributed by atoms with Crippen LogP contribution in [-0.4, -0.2) is 26.4 Å². The Kier molecular flexibility index (Phi) is 2.83. The molecule has 1 rings (SSSR count). The lowest BCUT2D eigenvalue weighted by atomic mass is 10.2. The molecule has 0 aromatic heterocycles. The molecule has 0 atom stereocenters. The maximum Gasteiger partial charge on any atom is 0.184 e. The molecule has 0 unspecified atom stereocenters. The number of rotatable bonds is 3. The van der Waals surface area contributed by atoms with Crippen molar-refractivity contribution < 1.29 is 4.79 Å². The first-order chi connectivity index (χ1) is 6.02. The van der Waals surface area contributed by atoms with E-state index in [-0.39, 0.29) is 5.78 Å². The monoisotopic (exact) mass is 178 g/mol. The number of hydrogen-bond donors (Lipinski definition) is 0. The Balaban J connectivity index is 2.87. The van der Waals surface area contributed by atoms with Crippen LogP contribution in [0.4, 0.5) is 5.69 Å². The first-order valence-electron chi connectivity index (χ1n) is 4.40. The van der Waals surface area contributed by atoms with E-state index in [1.54, 1.807) is 6.92 Å². The van der Waals surface area contributed by atoms with Crippen LogP contribution in [0.25, 0.3) is 0 Å². The smallest absolute Gasteiger partial charge is 0.184 e. The third-order valence-corrected chi connectivity index (χ3v) is 2.07. The molecule has 2 heteroatoms. The summed E-state index contributed by atoms with van der Waals surface area (Å²) in [7, 11) is 4.08. The maximum absolute atomic E-state index is 11.0. The number of benzene rings is 1. The molecule has 1 aromatic rings.